The SMILES string of the molecule is Nc1nnc(-c2ccc3c(c2)C(c2cncc(-c4ccccc4F)n2)=CC3)o1. The summed E-state index contributed by atoms with van der Waals surface area (Å²) in [6, 6.07) is 12.5. The zero-order valence-electron chi connectivity index (χ0n) is 14.6. The molecule has 7 heteroatoms. The van der Waals surface area contributed by atoms with Crippen molar-refractivity contribution >= 4 is 11.6 Å². The highest BCUT2D eigenvalue weighted by Crippen LogP contribution is 2.35. The van der Waals surface area contributed by atoms with E-state index in [1.165, 1.54) is 6.07 Å². The van der Waals surface area contributed by atoms with Gasteiger partial charge in [0.2, 0.25) is 5.89 Å². The molecule has 4 aromatic rings. The van der Waals surface area contributed by atoms with Gasteiger partial charge >= 0.3 is 6.01 Å². The van der Waals surface area contributed by atoms with E-state index in [0.717, 1.165) is 28.7 Å². The van der Waals surface area contributed by atoms with E-state index in [0.29, 0.717) is 22.8 Å². The third-order valence-corrected chi connectivity index (χ3v) is 4.67. The van der Waals surface area contributed by atoms with E-state index >= 15 is 0 Å². The molecule has 0 amide bonds. The van der Waals surface area contributed by atoms with Gasteiger partial charge < -0.3 is 10.2 Å². The van der Waals surface area contributed by atoms with Gasteiger partial charge in [0, 0.05) is 16.7 Å². The van der Waals surface area contributed by atoms with Gasteiger partial charge in [0.05, 0.1) is 23.8 Å². The maximum Gasteiger partial charge on any atom is 0.313 e. The first kappa shape index (κ1) is 16.3. The smallest absolute Gasteiger partial charge is 0.313 e. The first-order valence-corrected chi connectivity index (χ1v) is 8.69. The van der Waals surface area contributed by atoms with Crippen LogP contribution in [-0.4, -0.2) is 20.2 Å². The Labute approximate surface area is 159 Å². The predicted octanol–water partition coefficient (Wildman–Crippen LogP) is 3.90. The highest BCUT2D eigenvalue weighted by atomic mass is 19.1. The third kappa shape index (κ3) is 2.73. The van der Waals surface area contributed by atoms with E-state index in [-0.39, 0.29) is 11.8 Å². The highest BCUT2D eigenvalue weighted by molar-refractivity contribution is 5.85. The van der Waals surface area contributed by atoms with E-state index in [1.807, 2.05) is 18.2 Å². The van der Waals surface area contributed by atoms with Crippen molar-refractivity contribution in [3.63, 3.8) is 0 Å². The van der Waals surface area contributed by atoms with Crippen molar-refractivity contribution in [3.8, 4) is 22.7 Å². The molecule has 0 atom stereocenters. The number of allylic oxidation sites excluding steroid dienone is 1. The monoisotopic (exact) mass is 371 g/mol. The summed E-state index contributed by atoms with van der Waals surface area (Å²) in [4.78, 5) is 8.93. The van der Waals surface area contributed by atoms with Gasteiger partial charge in [0.1, 0.15) is 5.82 Å². The highest BCUT2D eigenvalue weighted by Gasteiger charge is 2.20. The first-order valence-electron chi connectivity index (χ1n) is 8.69. The minimum absolute atomic E-state index is 0.0229. The topological polar surface area (TPSA) is 90.7 Å². The molecule has 0 bridgehead atoms. The molecule has 0 unspecified atom stereocenters. The normalized spacial score (nSPS) is 12.7. The Morgan fingerprint density at radius 3 is 2.64 bits per heavy atom. The van der Waals surface area contributed by atoms with Gasteiger partial charge in [-0.1, -0.05) is 29.4 Å². The lowest BCUT2D eigenvalue weighted by Crippen LogP contribution is -1.96. The Bertz CT molecular complexity index is 1230. The molecule has 28 heavy (non-hydrogen) atoms. The lowest BCUT2D eigenvalue weighted by atomic mass is 10.0. The van der Waals surface area contributed by atoms with Crippen molar-refractivity contribution in [2.75, 3.05) is 5.73 Å². The van der Waals surface area contributed by atoms with Crippen molar-refractivity contribution in [1.29, 1.82) is 0 Å². The van der Waals surface area contributed by atoms with E-state index in [4.69, 9.17) is 10.2 Å². The standard InChI is InChI=1S/C21H14FN5O/c22-17-4-2-1-3-15(17)19-11-24-10-18(25-19)14-8-7-12-5-6-13(9-16(12)14)20-26-27-21(23)28-20/h1-6,8-11H,7H2,(H2,23,27). The Hall–Kier alpha value is -3.87. The number of nitrogens with zero attached hydrogens (tertiary/aromatic N) is 4. The second-order valence-corrected chi connectivity index (χ2v) is 6.41. The van der Waals surface area contributed by atoms with Crippen molar-refractivity contribution in [2.45, 2.75) is 6.42 Å². The Kier molecular flexibility index (Phi) is 3.72. The molecular weight excluding hydrogens is 357 g/mol. The molecule has 6 nitrogen and oxygen atoms in total. The summed E-state index contributed by atoms with van der Waals surface area (Å²) >= 11 is 0. The van der Waals surface area contributed by atoms with Crippen LogP contribution < -0.4 is 5.73 Å². The van der Waals surface area contributed by atoms with E-state index < -0.39 is 0 Å². The van der Waals surface area contributed by atoms with Crippen molar-refractivity contribution in [1.82, 2.24) is 20.2 Å². The van der Waals surface area contributed by atoms with Gasteiger partial charge in [0.15, 0.2) is 0 Å². The summed E-state index contributed by atoms with van der Waals surface area (Å²) in [5.74, 6) is 0.0313. The fourth-order valence-corrected chi connectivity index (χ4v) is 3.35. The van der Waals surface area contributed by atoms with Crippen LogP contribution in [0.4, 0.5) is 10.4 Å². The Morgan fingerprint density at radius 2 is 1.82 bits per heavy atom. The predicted molar refractivity (Wildman–Crippen MR) is 102 cm³/mol. The van der Waals surface area contributed by atoms with E-state index in [1.54, 1.807) is 30.6 Å². The number of fused-ring (bicyclic) bond motifs is 1. The molecular formula is C21H14FN5O. The number of halogens is 1. The van der Waals surface area contributed by atoms with Crippen LogP contribution in [0.15, 0.2) is 65.4 Å². The molecule has 1 aliphatic carbocycles. The van der Waals surface area contributed by atoms with Gasteiger partial charge in [-0.3, -0.25) is 4.98 Å². The van der Waals surface area contributed by atoms with Gasteiger partial charge in [-0.2, -0.15) is 0 Å². The van der Waals surface area contributed by atoms with Crippen molar-refractivity contribution in [3.05, 3.63) is 83.6 Å². The number of anilines is 1. The minimum Gasteiger partial charge on any atom is -0.404 e. The molecule has 0 radical (unpaired) electrons. The number of benzene rings is 2. The molecule has 5 rings (SSSR count). The number of rotatable bonds is 3. The van der Waals surface area contributed by atoms with Crippen LogP contribution in [0, 0.1) is 5.82 Å². The lowest BCUT2D eigenvalue weighted by Gasteiger charge is -2.09. The second-order valence-electron chi connectivity index (χ2n) is 6.41. The summed E-state index contributed by atoms with van der Waals surface area (Å²) in [6.07, 6.45) is 6.12. The third-order valence-electron chi connectivity index (χ3n) is 4.67. The molecule has 0 saturated carbocycles. The molecule has 1 aliphatic rings. The van der Waals surface area contributed by atoms with Crippen LogP contribution in [0.5, 0.6) is 0 Å². The van der Waals surface area contributed by atoms with Gasteiger partial charge in [0.25, 0.3) is 0 Å². The van der Waals surface area contributed by atoms with Crippen molar-refractivity contribution in [2.24, 2.45) is 0 Å². The average Bonchev–Trinajstić information content (AvgIpc) is 3.34. The summed E-state index contributed by atoms with van der Waals surface area (Å²) in [5.41, 5.74) is 11.0. The summed E-state index contributed by atoms with van der Waals surface area (Å²) < 4.78 is 19.5. The largest absolute Gasteiger partial charge is 0.404 e. The van der Waals surface area contributed by atoms with Gasteiger partial charge in [-0.15, -0.1) is 5.10 Å². The summed E-state index contributed by atoms with van der Waals surface area (Å²) in [6.45, 7) is 0. The first-order chi connectivity index (χ1) is 13.7. The van der Waals surface area contributed by atoms with E-state index in [2.05, 4.69) is 26.2 Å². The number of nitrogen functional groups attached to an aromatic ring is 1. The molecule has 2 aromatic carbocycles. The maximum atomic E-state index is 14.1. The van der Waals surface area contributed by atoms with Crippen LogP contribution in [0.2, 0.25) is 0 Å². The van der Waals surface area contributed by atoms with Crippen LogP contribution in [0.3, 0.4) is 0 Å². The van der Waals surface area contributed by atoms with Crippen LogP contribution in [-0.2, 0) is 6.42 Å². The van der Waals surface area contributed by atoms with Crippen LogP contribution in [0.1, 0.15) is 16.8 Å². The van der Waals surface area contributed by atoms with Crippen LogP contribution >= 0.6 is 0 Å². The fraction of sp³-hybridized carbons (Fsp3) is 0.0476. The fourth-order valence-electron chi connectivity index (χ4n) is 3.35. The summed E-state index contributed by atoms with van der Waals surface area (Å²) in [5, 5.41) is 7.65. The minimum atomic E-state index is -0.328. The summed E-state index contributed by atoms with van der Waals surface area (Å²) in [7, 11) is 0. The van der Waals surface area contributed by atoms with Gasteiger partial charge in [-0.05, 0) is 41.8 Å². The zero-order chi connectivity index (χ0) is 19.1. The molecule has 0 aliphatic heterocycles. The lowest BCUT2D eigenvalue weighted by molar-refractivity contribution is 0.590. The molecule has 2 aromatic heterocycles. The zero-order valence-corrected chi connectivity index (χ0v) is 14.6. The molecule has 136 valence electrons. The quantitative estimate of drug-likeness (QED) is 0.587. The molecule has 0 saturated heterocycles. The Balaban J connectivity index is 1.56. The molecule has 0 spiro atoms. The molecule has 2 N–H and O–H groups in total. The van der Waals surface area contributed by atoms with Gasteiger partial charge in [-0.25, -0.2) is 9.37 Å². The van der Waals surface area contributed by atoms with Crippen LogP contribution in [0.25, 0.3) is 28.3 Å². The number of hydrogen-bond donors (Lipinski definition) is 1. The maximum absolute atomic E-state index is 14.1. The average molecular weight is 371 g/mol. The Morgan fingerprint density at radius 1 is 0.964 bits per heavy atom. The van der Waals surface area contributed by atoms with E-state index in [9.17, 15) is 4.39 Å². The second kappa shape index (κ2) is 6.38. The molecule has 2 heterocycles. The van der Waals surface area contributed by atoms with Crippen molar-refractivity contribution < 1.29 is 8.81 Å². The molecule has 0 fully saturated rings. The number of aromatic nitrogens is 4. The number of hydrogen-bond acceptors (Lipinski definition) is 6. The number of nitrogens with two attached hydrogens (primary N) is 1.